The van der Waals surface area contributed by atoms with Crippen molar-refractivity contribution in [2.75, 3.05) is 26.8 Å². The zero-order valence-corrected chi connectivity index (χ0v) is 24.0. The first kappa shape index (κ1) is 28.4. The molecular weight excluding hydrogens is 575 g/mol. The van der Waals surface area contributed by atoms with Crippen molar-refractivity contribution in [1.29, 1.82) is 0 Å². The summed E-state index contributed by atoms with van der Waals surface area (Å²) in [7, 11) is 1.54. The first-order valence-corrected chi connectivity index (χ1v) is 14.2. The normalized spacial score (nSPS) is 16.3. The monoisotopic (exact) mass is 602 g/mol. The van der Waals surface area contributed by atoms with Gasteiger partial charge in [-0.05, 0) is 84.1 Å². The Morgan fingerprint density at radius 3 is 2.74 bits per heavy atom. The van der Waals surface area contributed by atoms with E-state index >= 15 is 4.39 Å². The van der Waals surface area contributed by atoms with Crippen LogP contribution in [0.1, 0.15) is 49.9 Å². The van der Waals surface area contributed by atoms with E-state index in [1.807, 2.05) is 24.3 Å². The molecule has 2 amide bonds. The molecule has 10 heteroatoms. The second-order valence-corrected chi connectivity index (χ2v) is 10.7. The molecule has 8 nitrogen and oxygen atoms in total. The van der Waals surface area contributed by atoms with Crippen LogP contribution in [0.4, 0.5) is 4.39 Å². The van der Waals surface area contributed by atoms with Gasteiger partial charge in [0.25, 0.3) is 11.8 Å². The predicted molar refractivity (Wildman–Crippen MR) is 158 cm³/mol. The number of ether oxygens (including phenoxy) is 3. The number of methoxy groups -OCH3 is 1. The van der Waals surface area contributed by atoms with Crippen molar-refractivity contribution < 1.29 is 33.3 Å². The van der Waals surface area contributed by atoms with Crippen LogP contribution in [0.25, 0.3) is 0 Å². The lowest BCUT2D eigenvalue weighted by Gasteiger charge is -2.38. The van der Waals surface area contributed by atoms with Gasteiger partial charge in [0.1, 0.15) is 17.2 Å². The smallest absolute Gasteiger partial charge is 0.257 e. The largest absolute Gasteiger partial charge is 0.507 e. The summed E-state index contributed by atoms with van der Waals surface area (Å²) in [6.07, 6.45) is 0.961. The zero-order chi connectivity index (χ0) is 30.1. The molecule has 7 rings (SSSR count). The van der Waals surface area contributed by atoms with E-state index in [-0.39, 0.29) is 28.5 Å². The second-order valence-electron chi connectivity index (χ2n) is 10.3. The molecule has 3 aliphatic rings. The van der Waals surface area contributed by atoms with Crippen LogP contribution >= 0.6 is 11.6 Å². The van der Waals surface area contributed by atoms with Crippen LogP contribution in [0.15, 0.2) is 72.8 Å². The number of rotatable bonds is 2. The van der Waals surface area contributed by atoms with Gasteiger partial charge in [-0.15, -0.1) is 0 Å². The summed E-state index contributed by atoms with van der Waals surface area (Å²) >= 11 is 6.03. The Bertz CT molecular complexity index is 1730. The van der Waals surface area contributed by atoms with Crippen LogP contribution < -0.4 is 19.5 Å². The summed E-state index contributed by atoms with van der Waals surface area (Å²) in [5.41, 5.74) is 2.52. The Morgan fingerprint density at radius 2 is 1.91 bits per heavy atom. The molecule has 3 heterocycles. The SMILES string of the molecule is COc1ccc2cc1OCCCNC(=O)c1cc(ccc1O)Oc1ccc3c(c1)CCN(C(=O)c1cccc(Cl)c1F)C23. The minimum absolute atomic E-state index is 0.0920. The van der Waals surface area contributed by atoms with Gasteiger partial charge in [-0.3, -0.25) is 9.59 Å². The van der Waals surface area contributed by atoms with E-state index in [2.05, 4.69) is 5.32 Å². The highest BCUT2D eigenvalue weighted by Gasteiger charge is 2.35. The molecule has 0 aliphatic carbocycles. The van der Waals surface area contributed by atoms with Gasteiger partial charge in [-0.25, -0.2) is 4.39 Å². The lowest BCUT2D eigenvalue weighted by molar-refractivity contribution is 0.0689. The zero-order valence-electron chi connectivity index (χ0n) is 23.2. The number of nitrogens with zero attached hydrogens (tertiary/aromatic N) is 1. The first-order chi connectivity index (χ1) is 20.8. The fraction of sp³-hybridized carbons (Fsp3) is 0.212. The number of phenolic OH excluding ortho intramolecular Hbond substituents is 1. The number of benzene rings is 4. The summed E-state index contributed by atoms with van der Waals surface area (Å²) in [4.78, 5) is 28.3. The molecule has 8 bridgehead atoms. The Labute approximate surface area is 252 Å². The van der Waals surface area contributed by atoms with Gasteiger partial charge in [0.15, 0.2) is 17.3 Å². The van der Waals surface area contributed by atoms with Gasteiger partial charge in [-0.2, -0.15) is 0 Å². The minimum Gasteiger partial charge on any atom is -0.507 e. The third kappa shape index (κ3) is 5.56. The van der Waals surface area contributed by atoms with Gasteiger partial charge in [-0.1, -0.05) is 29.8 Å². The number of fused-ring (bicyclic) bond motifs is 6. The Kier molecular flexibility index (Phi) is 7.82. The van der Waals surface area contributed by atoms with E-state index < -0.39 is 23.7 Å². The second kappa shape index (κ2) is 11.9. The maximum atomic E-state index is 15.0. The van der Waals surface area contributed by atoms with E-state index in [0.29, 0.717) is 48.9 Å². The topological polar surface area (TPSA) is 97.3 Å². The molecule has 220 valence electrons. The number of hydrogen-bond acceptors (Lipinski definition) is 6. The molecule has 43 heavy (non-hydrogen) atoms. The molecule has 0 spiro atoms. The number of aromatic hydroxyl groups is 1. The van der Waals surface area contributed by atoms with Gasteiger partial charge in [0.2, 0.25) is 0 Å². The van der Waals surface area contributed by atoms with Crippen LogP contribution in [0, 0.1) is 5.82 Å². The number of phenols is 1. The van der Waals surface area contributed by atoms with Crippen LogP contribution in [0.5, 0.6) is 28.7 Å². The van der Waals surface area contributed by atoms with E-state index in [1.54, 1.807) is 29.2 Å². The van der Waals surface area contributed by atoms with Crippen LogP contribution in [-0.2, 0) is 6.42 Å². The molecular formula is C33H28ClFN2O6. The highest BCUT2D eigenvalue weighted by molar-refractivity contribution is 6.31. The van der Waals surface area contributed by atoms with Crippen molar-refractivity contribution in [1.82, 2.24) is 10.2 Å². The standard InChI is InChI=1S/C33H28ClFN2O6/c1-41-28-11-6-20-17-29(28)42-15-3-13-36-32(39)25-18-22(8-10-27(25)38)43-21-7-9-23-19(16-21)12-14-37(31(20)23)33(40)24-4-2-5-26(34)30(24)35/h2,4-11,16-18,31,38H,3,12-15H2,1H3,(H,36,39). The summed E-state index contributed by atoms with van der Waals surface area (Å²) < 4.78 is 32.7. The lowest BCUT2D eigenvalue weighted by Crippen LogP contribution is -2.41. The van der Waals surface area contributed by atoms with Crippen LogP contribution in [0.3, 0.4) is 0 Å². The Hall–Kier alpha value is -4.76. The average molecular weight is 603 g/mol. The van der Waals surface area contributed by atoms with Gasteiger partial charge in [0, 0.05) is 13.1 Å². The summed E-state index contributed by atoms with van der Waals surface area (Å²) in [5, 5.41) is 13.0. The molecule has 0 radical (unpaired) electrons. The summed E-state index contributed by atoms with van der Waals surface area (Å²) in [5.74, 6) is 0.0346. The lowest BCUT2D eigenvalue weighted by atomic mass is 9.87. The average Bonchev–Trinajstić information content (AvgIpc) is 3.01. The third-order valence-electron chi connectivity index (χ3n) is 7.60. The molecule has 3 aliphatic heterocycles. The van der Waals surface area contributed by atoms with Crippen molar-refractivity contribution >= 4 is 23.4 Å². The molecule has 0 aromatic heterocycles. The quantitative estimate of drug-likeness (QED) is 0.280. The molecule has 0 saturated carbocycles. The minimum atomic E-state index is -0.761. The van der Waals surface area contributed by atoms with Crippen LogP contribution in [-0.4, -0.2) is 48.6 Å². The summed E-state index contributed by atoms with van der Waals surface area (Å²) in [6.45, 7) is 0.861. The Balaban J connectivity index is 1.47. The molecule has 4 aromatic rings. The number of hydrogen-bond donors (Lipinski definition) is 2. The van der Waals surface area contributed by atoms with E-state index in [9.17, 15) is 14.7 Å². The fourth-order valence-corrected chi connectivity index (χ4v) is 5.67. The van der Waals surface area contributed by atoms with Crippen molar-refractivity contribution in [3.8, 4) is 28.7 Å². The van der Waals surface area contributed by atoms with Crippen LogP contribution in [0.2, 0.25) is 5.02 Å². The van der Waals surface area contributed by atoms with E-state index in [1.165, 1.54) is 31.4 Å². The Morgan fingerprint density at radius 1 is 1.09 bits per heavy atom. The molecule has 0 saturated heterocycles. The highest BCUT2D eigenvalue weighted by Crippen LogP contribution is 2.41. The number of amides is 2. The number of nitrogens with one attached hydrogen (secondary N) is 1. The first-order valence-electron chi connectivity index (χ1n) is 13.8. The number of carbonyl (C=O) groups excluding carboxylic acids is 2. The molecule has 2 N–H and O–H groups in total. The molecule has 4 aromatic carbocycles. The van der Waals surface area contributed by atoms with Crippen molar-refractivity contribution in [2.24, 2.45) is 0 Å². The van der Waals surface area contributed by atoms with E-state index in [4.69, 9.17) is 25.8 Å². The maximum Gasteiger partial charge on any atom is 0.257 e. The molecule has 1 unspecified atom stereocenters. The van der Waals surface area contributed by atoms with Crippen molar-refractivity contribution in [3.63, 3.8) is 0 Å². The number of halogens is 2. The van der Waals surface area contributed by atoms with Crippen molar-refractivity contribution in [3.05, 3.63) is 111 Å². The fourth-order valence-electron chi connectivity index (χ4n) is 5.49. The van der Waals surface area contributed by atoms with E-state index in [0.717, 1.165) is 16.7 Å². The summed E-state index contributed by atoms with van der Waals surface area (Å²) in [6, 6.07) is 19.3. The highest BCUT2D eigenvalue weighted by atomic mass is 35.5. The maximum absolute atomic E-state index is 15.0. The van der Waals surface area contributed by atoms with Gasteiger partial charge >= 0.3 is 0 Å². The number of carbonyl (C=O) groups is 2. The van der Waals surface area contributed by atoms with Gasteiger partial charge < -0.3 is 29.5 Å². The molecule has 0 fully saturated rings. The predicted octanol–water partition coefficient (Wildman–Crippen LogP) is 6.29. The van der Waals surface area contributed by atoms with Gasteiger partial charge in [0.05, 0.1) is 35.9 Å². The van der Waals surface area contributed by atoms with Crippen molar-refractivity contribution in [2.45, 2.75) is 18.9 Å². The molecule has 1 atom stereocenters. The third-order valence-corrected chi connectivity index (χ3v) is 7.89.